The fourth-order valence-electron chi connectivity index (χ4n) is 2.03. The molecule has 0 bridgehead atoms. The maximum absolute atomic E-state index is 12.1. The van der Waals surface area contributed by atoms with Gasteiger partial charge in [0.15, 0.2) is 0 Å². The Morgan fingerprint density at radius 2 is 2.44 bits per heavy atom. The molecule has 4 heteroatoms. The third-order valence-electron chi connectivity index (χ3n) is 3.03. The number of nitrogens with zero attached hydrogens (tertiary/aromatic N) is 2. The standard InChI is InChI=1S/C14H17N3O/c1-11-6-8-17(10-11)14(18)13-5-4-12(9-16-13)3-2-7-15/h4-5,9,11H,6-8,10,15H2,1H3. The van der Waals surface area contributed by atoms with Gasteiger partial charge < -0.3 is 10.6 Å². The molecular weight excluding hydrogens is 226 g/mol. The van der Waals surface area contributed by atoms with E-state index in [0.717, 1.165) is 25.1 Å². The molecule has 1 amide bonds. The van der Waals surface area contributed by atoms with E-state index in [0.29, 0.717) is 18.2 Å². The SMILES string of the molecule is CC1CCN(C(=O)c2ccc(C#CCN)cn2)C1. The third-order valence-corrected chi connectivity index (χ3v) is 3.03. The van der Waals surface area contributed by atoms with Gasteiger partial charge in [-0.05, 0) is 24.5 Å². The lowest BCUT2D eigenvalue weighted by atomic mass is 10.2. The number of likely N-dealkylation sites (tertiary alicyclic amines) is 1. The largest absolute Gasteiger partial charge is 0.337 e. The molecule has 1 aliphatic heterocycles. The predicted molar refractivity (Wildman–Crippen MR) is 69.9 cm³/mol. The summed E-state index contributed by atoms with van der Waals surface area (Å²) in [7, 11) is 0. The van der Waals surface area contributed by atoms with Crippen molar-refractivity contribution in [2.75, 3.05) is 19.6 Å². The van der Waals surface area contributed by atoms with Crippen LogP contribution in [0.4, 0.5) is 0 Å². The summed E-state index contributed by atoms with van der Waals surface area (Å²) >= 11 is 0. The van der Waals surface area contributed by atoms with E-state index in [1.807, 2.05) is 11.0 Å². The van der Waals surface area contributed by atoms with Crippen molar-refractivity contribution in [3.05, 3.63) is 29.6 Å². The lowest BCUT2D eigenvalue weighted by molar-refractivity contribution is 0.0782. The Morgan fingerprint density at radius 1 is 1.61 bits per heavy atom. The number of rotatable bonds is 1. The van der Waals surface area contributed by atoms with Crippen LogP contribution in [0.1, 0.15) is 29.4 Å². The van der Waals surface area contributed by atoms with Gasteiger partial charge in [0.2, 0.25) is 0 Å². The number of carbonyl (C=O) groups is 1. The maximum Gasteiger partial charge on any atom is 0.272 e. The van der Waals surface area contributed by atoms with Gasteiger partial charge in [0.05, 0.1) is 6.54 Å². The van der Waals surface area contributed by atoms with Gasteiger partial charge in [0.25, 0.3) is 5.91 Å². The molecule has 2 N–H and O–H groups in total. The smallest absolute Gasteiger partial charge is 0.272 e. The zero-order valence-corrected chi connectivity index (χ0v) is 10.5. The van der Waals surface area contributed by atoms with Gasteiger partial charge in [-0.1, -0.05) is 18.8 Å². The van der Waals surface area contributed by atoms with Gasteiger partial charge >= 0.3 is 0 Å². The summed E-state index contributed by atoms with van der Waals surface area (Å²) in [6.07, 6.45) is 2.70. The molecular formula is C14H17N3O. The van der Waals surface area contributed by atoms with Crippen molar-refractivity contribution in [2.24, 2.45) is 11.7 Å². The number of hydrogen-bond donors (Lipinski definition) is 1. The van der Waals surface area contributed by atoms with Gasteiger partial charge in [0.1, 0.15) is 5.69 Å². The average molecular weight is 243 g/mol. The first-order valence-corrected chi connectivity index (χ1v) is 6.15. The van der Waals surface area contributed by atoms with E-state index in [4.69, 9.17) is 5.73 Å². The first-order chi connectivity index (χ1) is 8.70. The van der Waals surface area contributed by atoms with Crippen molar-refractivity contribution in [3.8, 4) is 11.8 Å². The summed E-state index contributed by atoms with van der Waals surface area (Å²) in [6, 6.07) is 3.54. The minimum atomic E-state index is 0.0117. The number of nitrogens with two attached hydrogens (primary N) is 1. The molecule has 1 unspecified atom stereocenters. The van der Waals surface area contributed by atoms with Crippen LogP contribution in [0.15, 0.2) is 18.3 Å². The monoisotopic (exact) mass is 243 g/mol. The highest BCUT2D eigenvalue weighted by atomic mass is 16.2. The van der Waals surface area contributed by atoms with Crippen molar-refractivity contribution < 1.29 is 4.79 Å². The van der Waals surface area contributed by atoms with Crippen LogP contribution in [0.2, 0.25) is 0 Å². The normalized spacial score (nSPS) is 18.3. The molecule has 1 atom stereocenters. The average Bonchev–Trinajstić information content (AvgIpc) is 2.83. The van der Waals surface area contributed by atoms with Gasteiger partial charge in [-0.3, -0.25) is 4.79 Å². The first-order valence-electron chi connectivity index (χ1n) is 6.15. The van der Waals surface area contributed by atoms with Gasteiger partial charge in [-0.25, -0.2) is 4.98 Å². The summed E-state index contributed by atoms with van der Waals surface area (Å²) in [4.78, 5) is 18.2. The second-order valence-corrected chi connectivity index (χ2v) is 4.58. The number of pyridine rings is 1. The van der Waals surface area contributed by atoms with Crippen molar-refractivity contribution in [3.63, 3.8) is 0 Å². The summed E-state index contributed by atoms with van der Waals surface area (Å²) in [6.45, 7) is 4.14. The number of amides is 1. The zero-order valence-electron chi connectivity index (χ0n) is 10.5. The molecule has 2 rings (SSSR count). The van der Waals surface area contributed by atoms with E-state index in [-0.39, 0.29) is 5.91 Å². The Bertz CT molecular complexity index is 484. The fourth-order valence-corrected chi connectivity index (χ4v) is 2.03. The molecule has 1 fully saturated rings. The minimum Gasteiger partial charge on any atom is -0.337 e. The van der Waals surface area contributed by atoms with E-state index in [1.54, 1.807) is 12.3 Å². The van der Waals surface area contributed by atoms with Crippen LogP contribution in [-0.4, -0.2) is 35.4 Å². The molecule has 1 aliphatic rings. The number of carbonyl (C=O) groups excluding carboxylic acids is 1. The van der Waals surface area contributed by atoms with E-state index >= 15 is 0 Å². The molecule has 4 nitrogen and oxygen atoms in total. The van der Waals surface area contributed by atoms with Gasteiger partial charge in [-0.15, -0.1) is 0 Å². The highest BCUT2D eigenvalue weighted by molar-refractivity contribution is 5.92. The van der Waals surface area contributed by atoms with E-state index in [2.05, 4.69) is 23.7 Å². The Hall–Kier alpha value is -1.86. The van der Waals surface area contributed by atoms with Crippen LogP contribution in [0.25, 0.3) is 0 Å². The van der Waals surface area contributed by atoms with Crippen LogP contribution in [0, 0.1) is 17.8 Å². The molecule has 0 spiro atoms. The lowest BCUT2D eigenvalue weighted by Crippen LogP contribution is -2.29. The molecule has 1 saturated heterocycles. The Labute approximate surface area is 107 Å². The van der Waals surface area contributed by atoms with E-state index in [9.17, 15) is 4.79 Å². The molecule has 0 saturated carbocycles. The van der Waals surface area contributed by atoms with Gasteiger partial charge in [0, 0.05) is 24.8 Å². The predicted octanol–water partition coefficient (Wildman–Crippen LogP) is 0.874. The summed E-state index contributed by atoms with van der Waals surface area (Å²) in [5.74, 6) is 6.24. The van der Waals surface area contributed by atoms with Crippen molar-refractivity contribution >= 4 is 5.91 Å². The Balaban J connectivity index is 2.07. The Kier molecular flexibility index (Phi) is 3.96. The topological polar surface area (TPSA) is 59.2 Å². The first kappa shape index (κ1) is 12.6. The van der Waals surface area contributed by atoms with Crippen LogP contribution >= 0.6 is 0 Å². The van der Waals surface area contributed by atoms with Crippen molar-refractivity contribution in [1.29, 1.82) is 0 Å². The maximum atomic E-state index is 12.1. The summed E-state index contributed by atoms with van der Waals surface area (Å²) in [5.41, 5.74) is 6.57. The van der Waals surface area contributed by atoms with E-state index < -0.39 is 0 Å². The molecule has 1 aromatic rings. The van der Waals surface area contributed by atoms with Gasteiger partial charge in [-0.2, -0.15) is 0 Å². The molecule has 2 heterocycles. The third kappa shape index (κ3) is 2.88. The Morgan fingerprint density at radius 3 is 3.00 bits per heavy atom. The molecule has 1 aromatic heterocycles. The zero-order chi connectivity index (χ0) is 13.0. The second kappa shape index (κ2) is 5.65. The molecule has 0 radical (unpaired) electrons. The summed E-state index contributed by atoms with van der Waals surface area (Å²) < 4.78 is 0. The van der Waals surface area contributed by atoms with E-state index in [1.165, 1.54) is 0 Å². The highest BCUT2D eigenvalue weighted by Crippen LogP contribution is 2.17. The van der Waals surface area contributed by atoms with Crippen LogP contribution in [0.3, 0.4) is 0 Å². The van der Waals surface area contributed by atoms with Crippen LogP contribution < -0.4 is 5.73 Å². The summed E-state index contributed by atoms with van der Waals surface area (Å²) in [5, 5.41) is 0. The van der Waals surface area contributed by atoms with Crippen LogP contribution in [0.5, 0.6) is 0 Å². The number of aromatic nitrogens is 1. The van der Waals surface area contributed by atoms with Crippen molar-refractivity contribution in [1.82, 2.24) is 9.88 Å². The van der Waals surface area contributed by atoms with Crippen molar-refractivity contribution in [2.45, 2.75) is 13.3 Å². The lowest BCUT2D eigenvalue weighted by Gasteiger charge is -2.14. The fraction of sp³-hybridized carbons (Fsp3) is 0.429. The molecule has 0 aromatic carbocycles. The molecule has 0 aliphatic carbocycles. The number of hydrogen-bond acceptors (Lipinski definition) is 3. The molecule has 18 heavy (non-hydrogen) atoms. The quantitative estimate of drug-likeness (QED) is 0.745. The highest BCUT2D eigenvalue weighted by Gasteiger charge is 2.24. The molecule has 94 valence electrons. The second-order valence-electron chi connectivity index (χ2n) is 4.58. The minimum absolute atomic E-state index is 0.0117. The van der Waals surface area contributed by atoms with Crippen LogP contribution in [-0.2, 0) is 0 Å².